The van der Waals surface area contributed by atoms with E-state index in [9.17, 15) is 9.59 Å². The molecule has 1 rings (SSSR count). The number of carboxylic acid groups (broad SMARTS) is 1. The van der Waals surface area contributed by atoms with Gasteiger partial charge in [0.05, 0.1) is 0 Å². The Morgan fingerprint density at radius 2 is 1.79 bits per heavy atom. The van der Waals surface area contributed by atoms with Crippen LogP contribution >= 0.6 is 0 Å². The number of carboxylic acids is 1. The molecule has 0 aromatic heterocycles. The van der Waals surface area contributed by atoms with E-state index in [-0.39, 0.29) is 12.1 Å². The van der Waals surface area contributed by atoms with Gasteiger partial charge in [-0.3, -0.25) is 0 Å². The molecule has 0 aromatic rings. The second-order valence-electron chi connectivity index (χ2n) is 5.96. The summed E-state index contributed by atoms with van der Waals surface area (Å²) < 4.78 is 5.20. The molecule has 0 bridgehead atoms. The molecular weight excluding hydrogens is 246 g/mol. The van der Waals surface area contributed by atoms with Crippen LogP contribution in [-0.2, 0) is 9.53 Å². The summed E-state index contributed by atoms with van der Waals surface area (Å²) in [6.45, 7) is 5.50. The van der Waals surface area contributed by atoms with Gasteiger partial charge in [-0.05, 0) is 52.4 Å². The summed E-state index contributed by atoms with van der Waals surface area (Å²) in [5.41, 5.74) is -0.481. The van der Waals surface area contributed by atoms with Crippen molar-refractivity contribution in [2.24, 2.45) is 5.92 Å². The molecule has 0 aromatic carbocycles. The Balaban J connectivity index is 2.30. The monoisotopic (exact) mass is 269 g/mol. The number of alkyl carbamates (subject to hydrolysis) is 1. The zero-order valence-electron chi connectivity index (χ0n) is 11.8. The van der Waals surface area contributed by atoms with Gasteiger partial charge in [0.2, 0.25) is 0 Å². The van der Waals surface area contributed by atoms with E-state index in [1.807, 2.05) is 20.8 Å². The van der Waals surface area contributed by atoms with E-state index < -0.39 is 11.6 Å². The molecule has 1 aliphatic rings. The SMILES string of the molecule is CC(C)(C)OC(=O)N[C@H]1CC[C@H](/C=C/C(=O)O)CC1. The number of nitrogens with one attached hydrogen (secondary N) is 1. The molecule has 0 heterocycles. The third kappa shape index (κ3) is 6.84. The molecule has 5 heteroatoms. The molecule has 0 saturated heterocycles. The number of allylic oxidation sites excluding steroid dienone is 1. The molecule has 108 valence electrons. The highest BCUT2D eigenvalue weighted by Gasteiger charge is 2.23. The van der Waals surface area contributed by atoms with Crippen LogP contribution in [0.15, 0.2) is 12.2 Å². The number of ether oxygens (including phenoxy) is 1. The molecule has 0 radical (unpaired) electrons. The minimum atomic E-state index is -0.908. The minimum absolute atomic E-state index is 0.129. The maximum Gasteiger partial charge on any atom is 0.407 e. The first-order valence-corrected chi connectivity index (χ1v) is 6.67. The highest BCUT2D eigenvalue weighted by molar-refractivity contribution is 5.79. The summed E-state index contributed by atoms with van der Waals surface area (Å²) >= 11 is 0. The van der Waals surface area contributed by atoms with Crippen molar-refractivity contribution in [1.82, 2.24) is 5.32 Å². The van der Waals surface area contributed by atoms with Crippen LogP contribution in [0.4, 0.5) is 4.79 Å². The fourth-order valence-corrected chi connectivity index (χ4v) is 2.15. The van der Waals surface area contributed by atoms with E-state index in [0.717, 1.165) is 25.7 Å². The van der Waals surface area contributed by atoms with E-state index in [0.29, 0.717) is 5.92 Å². The number of hydrogen-bond donors (Lipinski definition) is 2. The van der Waals surface area contributed by atoms with Crippen molar-refractivity contribution in [2.45, 2.75) is 58.1 Å². The van der Waals surface area contributed by atoms with Gasteiger partial charge < -0.3 is 15.2 Å². The van der Waals surface area contributed by atoms with E-state index in [4.69, 9.17) is 9.84 Å². The van der Waals surface area contributed by atoms with Gasteiger partial charge in [-0.1, -0.05) is 6.08 Å². The fraction of sp³-hybridized carbons (Fsp3) is 0.714. The highest BCUT2D eigenvalue weighted by Crippen LogP contribution is 2.25. The Bertz CT molecular complexity index is 349. The van der Waals surface area contributed by atoms with Crippen LogP contribution in [0.2, 0.25) is 0 Å². The first-order valence-electron chi connectivity index (χ1n) is 6.67. The van der Waals surface area contributed by atoms with Gasteiger partial charge >= 0.3 is 12.1 Å². The van der Waals surface area contributed by atoms with Crippen molar-refractivity contribution in [2.75, 3.05) is 0 Å². The number of carbonyl (C=O) groups excluding carboxylic acids is 1. The van der Waals surface area contributed by atoms with Gasteiger partial charge in [-0.2, -0.15) is 0 Å². The Morgan fingerprint density at radius 1 is 1.21 bits per heavy atom. The number of rotatable bonds is 3. The maximum absolute atomic E-state index is 11.6. The molecule has 0 aliphatic heterocycles. The van der Waals surface area contributed by atoms with Crippen LogP contribution in [0, 0.1) is 5.92 Å². The summed E-state index contributed by atoms with van der Waals surface area (Å²) in [7, 11) is 0. The molecular formula is C14H23NO4. The normalized spacial score (nSPS) is 24.2. The maximum atomic E-state index is 11.6. The Morgan fingerprint density at radius 3 is 2.26 bits per heavy atom. The van der Waals surface area contributed by atoms with Crippen LogP contribution < -0.4 is 5.32 Å². The molecule has 0 spiro atoms. The van der Waals surface area contributed by atoms with Crippen LogP contribution in [-0.4, -0.2) is 28.8 Å². The first kappa shape index (κ1) is 15.5. The van der Waals surface area contributed by atoms with Crippen molar-refractivity contribution < 1.29 is 19.4 Å². The number of aliphatic carboxylic acids is 1. The summed E-state index contributed by atoms with van der Waals surface area (Å²) in [5.74, 6) is -0.609. The third-order valence-electron chi connectivity index (χ3n) is 3.00. The van der Waals surface area contributed by atoms with Crippen molar-refractivity contribution in [3.8, 4) is 0 Å². The van der Waals surface area contributed by atoms with Gasteiger partial charge in [-0.15, -0.1) is 0 Å². The Hall–Kier alpha value is -1.52. The lowest BCUT2D eigenvalue weighted by Gasteiger charge is -2.28. The molecule has 0 unspecified atom stereocenters. The lowest BCUT2D eigenvalue weighted by Crippen LogP contribution is -2.40. The van der Waals surface area contributed by atoms with Gasteiger partial charge in [-0.25, -0.2) is 9.59 Å². The summed E-state index contributed by atoms with van der Waals surface area (Å²) in [6.07, 6.45) is 6.06. The van der Waals surface area contributed by atoms with Crippen LogP contribution in [0.5, 0.6) is 0 Å². The standard InChI is InChI=1S/C14H23NO4/c1-14(2,3)19-13(18)15-11-7-4-10(5-8-11)6-9-12(16)17/h6,9-11H,4-5,7-8H2,1-3H3,(H,15,18)(H,16,17)/b9-6+/t10-,11-. The molecule has 0 atom stereocenters. The minimum Gasteiger partial charge on any atom is -0.478 e. The molecule has 1 saturated carbocycles. The summed E-state index contributed by atoms with van der Waals surface area (Å²) in [6, 6.07) is 0.129. The zero-order chi connectivity index (χ0) is 14.5. The van der Waals surface area contributed by atoms with Crippen LogP contribution in [0.1, 0.15) is 46.5 Å². The van der Waals surface area contributed by atoms with E-state index in [2.05, 4.69) is 5.32 Å². The van der Waals surface area contributed by atoms with Crippen molar-refractivity contribution in [3.05, 3.63) is 12.2 Å². The topological polar surface area (TPSA) is 75.6 Å². The molecule has 5 nitrogen and oxygen atoms in total. The predicted octanol–water partition coefficient (Wildman–Crippen LogP) is 2.71. The van der Waals surface area contributed by atoms with Gasteiger partial charge in [0.1, 0.15) is 5.60 Å². The summed E-state index contributed by atoms with van der Waals surface area (Å²) in [5, 5.41) is 11.4. The Kier molecular flexibility index (Phi) is 5.39. The average molecular weight is 269 g/mol. The molecule has 19 heavy (non-hydrogen) atoms. The van der Waals surface area contributed by atoms with E-state index >= 15 is 0 Å². The first-order chi connectivity index (χ1) is 8.76. The predicted molar refractivity (Wildman–Crippen MR) is 71.9 cm³/mol. The smallest absolute Gasteiger partial charge is 0.407 e. The number of hydrogen-bond acceptors (Lipinski definition) is 3. The Labute approximate surface area is 114 Å². The molecule has 1 fully saturated rings. The summed E-state index contributed by atoms with van der Waals surface area (Å²) in [4.78, 5) is 22.0. The second-order valence-corrected chi connectivity index (χ2v) is 5.96. The van der Waals surface area contributed by atoms with E-state index in [1.165, 1.54) is 6.08 Å². The second kappa shape index (κ2) is 6.59. The van der Waals surface area contributed by atoms with Crippen molar-refractivity contribution >= 4 is 12.1 Å². The van der Waals surface area contributed by atoms with Crippen LogP contribution in [0.3, 0.4) is 0 Å². The zero-order valence-corrected chi connectivity index (χ0v) is 11.8. The average Bonchev–Trinajstić information content (AvgIpc) is 2.25. The quantitative estimate of drug-likeness (QED) is 0.772. The third-order valence-corrected chi connectivity index (χ3v) is 3.00. The highest BCUT2D eigenvalue weighted by atomic mass is 16.6. The fourth-order valence-electron chi connectivity index (χ4n) is 2.15. The molecule has 2 N–H and O–H groups in total. The van der Waals surface area contributed by atoms with Crippen LogP contribution in [0.25, 0.3) is 0 Å². The number of carbonyl (C=O) groups is 2. The molecule has 1 aliphatic carbocycles. The van der Waals surface area contributed by atoms with E-state index in [1.54, 1.807) is 6.08 Å². The van der Waals surface area contributed by atoms with Gasteiger partial charge in [0.25, 0.3) is 0 Å². The van der Waals surface area contributed by atoms with Crippen molar-refractivity contribution in [3.63, 3.8) is 0 Å². The van der Waals surface area contributed by atoms with Crippen molar-refractivity contribution in [1.29, 1.82) is 0 Å². The van der Waals surface area contributed by atoms with Gasteiger partial charge in [0, 0.05) is 12.1 Å². The van der Waals surface area contributed by atoms with Gasteiger partial charge in [0.15, 0.2) is 0 Å². The lowest BCUT2D eigenvalue weighted by molar-refractivity contribution is -0.131. The largest absolute Gasteiger partial charge is 0.478 e. The lowest BCUT2D eigenvalue weighted by atomic mass is 9.86. The molecule has 1 amide bonds. The number of amides is 1.